The number of carbonyl (C=O) groups excluding carboxylic acids is 1. The van der Waals surface area contributed by atoms with Crippen molar-refractivity contribution in [2.45, 2.75) is 40.0 Å². The van der Waals surface area contributed by atoms with Crippen molar-refractivity contribution in [3.63, 3.8) is 0 Å². The Bertz CT molecular complexity index is 994. The minimum absolute atomic E-state index is 0.215. The zero-order valence-electron chi connectivity index (χ0n) is 15.8. The summed E-state index contributed by atoms with van der Waals surface area (Å²) in [6, 6.07) is 12.1. The van der Waals surface area contributed by atoms with E-state index in [0.29, 0.717) is 10.7 Å². The number of unbranched alkanes of at least 4 members (excludes halogenated alkanes) is 1. The summed E-state index contributed by atoms with van der Waals surface area (Å²) in [4.78, 5) is 17.0. The molecular weight excluding hydrogens is 374 g/mol. The van der Waals surface area contributed by atoms with Gasteiger partial charge in [0.05, 0.1) is 10.2 Å². The number of anilines is 1. The van der Waals surface area contributed by atoms with Crippen molar-refractivity contribution in [1.82, 2.24) is 10.3 Å². The van der Waals surface area contributed by atoms with E-state index in [1.165, 1.54) is 18.4 Å². The number of rotatable bonds is 5. The fourth-order valence-corrected chi connectivity index (χ4v) is 4.11. The topological polar surface area (TPSA) is 54.0 Å². The van der Waals surface area contributed by atoms with Crippen LogP contribution in [0.2, 0.25) is 0 Å². The van der Waals surface area contributed by atoms with E-state index in [4.69, 9.17) is 12.2 Å². The number of benzene rings is 2. The molecule has 0 saturated heterocycles. The first-order chi connectivity index (χ1) is 13.0. The molecule has 2 aromatic carbocycles. The van der Waals surface area contributed by atoms with Crippen molar-refractivity contribution in [3.05, 3.63) is 58.7 Å². The smallest absolute Gasteiger partial charge is 0.257 e. The van der Waals surface area contributed by atoms with Crippen molar-refractivity contribution >= 4 is 49.9 Å². The lowest BCUT2D eigenvalue weighted by Crippen LogP contribution is -2.34. The minimum Gasteiger partial charge on any atom is -0.308 e. The Kier molecular flexibility index (Phi) is 6.19. The number of hydrogen-bond acceptors (Lipinski definition) is 4. The van der Waals surface area contributed by atoms with Gasteiger partial charge in [-0.1, -0.05) is 48.4 Å². The number of nitrogens with one attached hydrogen (secondary N) is 2. The molecule has 1 amide bonds. The molecule has 0 unspecified atom stereocenters. The molecule has 3 rings (SSSR count). The van der Waals surface area contributed by atoms with Gasteiger partial charge in [0.1, 0.15) is 0 Å². The fourth-order valence-electron chi connectivity index (χ4n) is 2.93. The molecule has 4 nitrogen and oxygen atoms in total. The highest BCUT2D eigenvalue weighted by Crippen LogP contribution is 2.27. The van der Waals surface area contributed by atoms with Crippen LogP contribution in [-0.2, 0) is 6.42 Å². The molecule has 0 atom stereocenters. The normalized spacial score (nSPS) is 10.8. The van der Waals surface area contributed by atoms with Crippen LogP contribution in [0.4, 0.5) is 5.13 Å². The van der Waals surface area contributed by atoms with Gasteiger partial charge in [0.15, 0.2) is 10.2 Å². The Morgan fingerprint density at radius 2 is 2.00 bits per heavy atom. The van der Waals surface area contributed by atoms with E-state index in [1.54, 1.807) is 11.3 Å². The molecule has 0 aliphatic carbocycles. The van der Waals surface area contributed by atoms with Gasteiger partial charge in [-0.15, -0.1) is 0 Å². The lowest BCUT2D eigenvalue weighted by atomic mass is 10.1. The Hall–Kier alpha value is -2.31. The molecule has 0 spiro atoms. The lowest BCUT2D eigenvalue weighted by molar-refractivity contribution is 0.0977. The number of aromatic nitrogens is 1. The minimum atomic E-state index is -0.215. The summed E-state index contributed by atoms with van der Waals surface area (Å²) in [5.74, 6) is -0.215. The molecule has 0 bridgehead atoms. The first kappa shape index (κ1) is 19.5. The Morgan fingerprint density at radius 3 is 2.74 bits per heavy atom. The van der Waals surface area contributed by atoms with Gasteiger partial charge in [0.25, 0.3) is 5.91 Å². The van der Waals surface area contributed by atoms with Crippen LogP contribution in [0.5, 0.6) is 0 Å². The second-order valence-electron chi connectivity index (χ2n) is 6.65. The molecule has 0 aliphatic rings. The van der Waals surface area contributed by atoms with E-state index in [9.17, 15) is 4.79 Å². The second-order valence-corrected chi connectivity index (χ2v) is 8.09. The van der Waals surface area contributed by atoms with Crippen LogP contribution in [-0.4, -0.2) is 16.0 Å². The van der Waals surface area contributed by atoms with E-state index in [1.807, 2.05) is 38.1 Å². The van der Waals surface area contributed by atoms with E-state index >= 15 is 0 Å². The predicted molar refractivity (Wildman–Crippen MR) is 118 cm³/mol. The highest BCUT2D eigenvalue weighted by atomic mass is 32.1. The van der Waals surface area contributed by atoms with Crippen molar-refractivity contribution in [1.29, 1.82) is 0 Å². The van der Waals surface area contributed by atoms with Gasteiger partial charge >= 0.3 is 0 Å². The van der Waals surface area contributed by atoms with Gasteiger partial charge < -0.3 is 5.32 Å². The fraction of sp³-hybridized carbons (Fsp3) is 0.286. The third-order valence-electron chi connectivity index (χ3n) is 4.35. The van der Waals surface area contributed by atoms with Gasteiger partial charge in [-0.3, -0.25) is 10.1 Å². The summed E-state index contributed by atoms with van der Waals surface area (Å²) < 4.78 is 1.12. The third kappa shape index (κ3) is 4.90. The number of aryl methyl sites for hydroxylation is 3. The average molecular weight is 398 g/mol. The van der Waals surface area contributed by atoms with Gasteiger partial charge in [-0.05, 0) is 68.2 Å². The first-order valence-corrected chi connectivity index (χ1v) is 10.3. The largest absolute Gasteiger partial charge is 0.308 e. The van der Waals surface area contributed by atoms with Gasteiger partial charge in [0, 0.05) is 5.56 Å². The highest BCUT2D eigenvalue weighted by Gasteiger charge is 2.12. The molecule has 3 aromatic rings. The third-order valence-corrected chi connectivity index (χ3v) is 5.48. The quantitative estimate of drug-likeness (QED) is 0.567. The standard InChI is InChI=1S/C21H23N3OS2/c1-4-5-6-15-8-10-17-18(12-15)27-21(22-17)24-20(26)23-19(25)16-9-7-13(2)11-14(16)3/h7-12H,4-6H2,1-3H3,(H2,22,23,24,25,26). The van der Waals surface area contributed by atoms with Crippen molar-refractivity contribution in [3.8, 4) is 0 Å². The van der Waals surface area contributed by atoms with Crippen molar-refractivity contribution in [2.24, 2.45) is 0 Å². The maximum Gasteiger partial charge on any atom is 0.257 e. The van der Waals surface area contributed by atoms with Gasteiger partial charge in [-0.25, -0.2) is 4.98 Å². The van der Waals surface area contributed by atoms with Crippen LogP contribution in [0.25, 0.3) is 10.2 Å². The zero-order chi connectivity index (χ0) is 19.4. The highest BCUT2D eigenvalue weighted by molar-refractivity contribution is 7.80. The molecule has 0 radical (unpaired) electrons. The molecule has 2 N–H and O–H groups in total. The van der Waals surface area contributed by atoms with Gasteiger partial charge in [-0.2, -0.15) is 0 Å². The maximum absolute atomic E-state index is 12.4. The molecule has 0 fully saturated rings. The predicted octanol–water partition coefficient (Wildman–Crippen LogP) is 5.38. The zero-order valence-corrected chi connectivity index (χ0v) is 17.4. The van der Waals surface area contributed by atoms with E-state index in [2.05, 4.69) is 34.7 Å². The number of carbonyl (C=O) groups is 1. The summed E-state index contributed by atoms with van der Waals surface area (Å²) in [6.07, 6.45) is 3.45. The Labute approximate surface area is 169 Å². The summed E-state index contributed by atoms with van der Waals surface area (Å²) in [6.45, 7) is 6.12. The molecule has 6 heteroatoms. The van der Waals surface area contributed by atoms with Gasteiger partial charge in [0.2, 0.25) is 0 Å². The van der Waals surface area contributed by atoms with Crippen LogP contribution in [0.3, 0.4) is 0 Å². The monoisotopic (exact) mass is 397 g/mol. The van der Waals surface area contributed by atoms with Crippen LogP contribution in [0.15, 0.2) is 36.4 Å². The number of fused-ring (bicyclic) bond motifs is 1. The lowest BCUT2D eigenvalue weighted by Gasteiger charge is -2.09. The number of nitrogens with zero attached hydrogens (tertiary/aromatic N) is 1. The molecule has 27 heavy (non-hydrogen) atoms. The molecule has 1 aromatic heterocycles. The van der Waals surface area contributed by atoms with E-state index in [-0.39, 0.29) is 11.0 Å². The summed E-state index contributed by atoms with van der Waals surface area (Å²) in [5.41, 5.74) is 4.93. The molecule has 0 aliphatic heterocycles. The SMILES string of the molecule is CCCCc1ccc2nc(NC(=S)NC(=O)c3ccc(C)cc3C)sc2c1. The number of thiocarbonyl (C=S) groups is 1. The van der Waals surface area contributed by atoms with E-state index < -0.39 is 0 Å². The second kappa shape index (κ2) is 8.59. The summed E-state index contributed by atoms with van der Waals surface area (Å²) in [7, 11) is 0. The maximum atomic E-state index is 12.4. The Balaban J connectivity index is 1.67. The molecular formula is C21H23N3OS2. The number of amides is 1. The van der Waals surface area contributed by atoms with Crippen molar-refractivity contribution < 1.29 is 4.79 Å². The summed E-state index contributed by atoms with van der Waals surface area (Å²) in [5, 5.41) is 6.71. The van der Waals surface area contributed by atoms with Crippen LogP contribution in [0, 0.1) is 13.8 Å². The summed E-state index contributed by atoms with van der Waals surface area (Å²) >= 11 is 6.83. The van der Waals surface area contributed by atoms with Crippen LogP contribution in [0.1, 0.15) is 46.8 Å². The number of thiazole rings is 1. The Morgan fingerprint density at radius 1 is 1.19 bits per heavy atom. The van der Waals surface area contributed by atoms with Crippen LogP contribution >= 0.6 is 23.6 Å². The number of hydrogen-bond donors (Lipinski definition) is 2. The molecule has 0 saturated carbocycles. The average Bonchev–Trinajstić information content (AvgIpc) is 3.00. The molecule has 140 valence electrons. The van der Waals surface area contributed by atoms with Crippen molar-refractivity contribution in [2.75, 3.05) is 5.32 Å². The van der Waals surface area contributed by atoms with E-state index in [0.717, 1.165) is 27.8 Å². The first-order valence-electron chi connectivity index (χ1n) is 9.05. The molecule has 1 heterocycles. The van der Waals surface area contributed by atoms with Crippen LogP contribution < -0.4 is 10.6 Å².